The Morgan fingerprint density at radius 2 is 1.96 bits per heavy atom. The Bertz CT molecular complexity index is 1110. The highest BCUT2D eigenvalue weighted by Crippen LogP contribution is 2.32. The van der Waals surface area contributed by atoms with Crippen LogP contribution >= 0.6 is 23.4 Å². The minimum atomic E-state index is -0.347. The fraction of sp³-hybridized carbons (Fsp3) is 0.0526. The van der Waals surface area contributed by atoms with Gasteiger partial charge in [-0.3, -0.25) is 0 Å². The fourth-order valence-corrected chi connectivity index (χ4v) is 3.90. The van der Waals surface area contributed by atoms with E-state index in [2.05, 4.69) is 4.98 Å². The molecule has 0 bridgehead atoms. The van der Waals surface area contributed by atoms with Crippen molar-refractivity contribution < 1.29 is 4.42 Å². The largest absolute Gasteiger partial charge is 0.423 e. The van der Waals surface area contributed by atoms with Crippen molar-refractivity contribution >= 4 is 45.1 Å². The third-order valence-corrected chi connectivity index (χ3v) is 5.27. The van der Waals surface area contributed by atoms with Crippen LogP contribution in [0.3, 0.4) is 0 Å². The first kappa shape index (κ1) is 15.2. The summed E-state index contributed by atoms with van der Waals surface area (Å²) in [5, 5.41) is 4.51. The summed E-state index contributed by atoms with van der Waals surface area (Å²) in [4.78, 5) is 16.2. The molecule has 24 heavy (non-hydrogen) atoms. The summed E-state index contributed by atoms with van der Waals surface area (Å²) in [6.07, 6.45) is 1.71. The molecule has 0 aliphatic carbocycles. The molecule has 0 spiro atoms. The highest BCUT2D eigenvalue weighted by atomic mass is 35.5. The van der Waals surface area contributed by atoms with E-state index in [1.165, 1.54) is 11.8 Å². The second-order valence-corrected chi connectivity index (χ2v) is 6.70. The molecule has 0 saturated carbocycles. The van der Waals surface area contributed by atoms with Crippen molar-refractivity contribution in [3.05, 3.63) is 81.8 Å². The van der Waals surface area contributed by atoms with Crippen molar-refractivity contribution in [3.8, 4) is 0 Å². The molecular formula is C19H12ClNO2S. The summed E-state index contributed by atoms with van der Waals surface area (Å²) < 4.78 is 5.38. The number of thioether (sulfide) groups is 1. The molecule has 2 aromatic heterocycles. The molecular weight excluding hydrogens is 342 g/mol. The molecule has 5 heteroatoms. The molecule has 0 amide bonds. The quantitative estimate of drug-likeness (QED) is 0.285. The zero-order chi connectivity index (χ0) is 16.5. The molecule has 118 valence electrons. The minimum absolute atomic E-state index is 0.347. The van der Waals surface area contributed by atoms with Gasteiger partial charge in [-0.25, -0.2) is 9.78 Å². The van der Waals surface area contributed by atoms with E-state index in [-0.39, 0.29) is 5.63 Å². The zero-order valence-corrected chi connectivity index (χ0v) is 14.1. The van der Waals surface area contributed by atoms with Crippen molar-refractivity contribution in [1.29, 1.82) is 0 Å². The lowest BCUT2D eigenvalue weighted by Crippen LogP contribution is -2.00. The van der Waals surface area contributed by atoms with Crippen molar-refractivity contribution in [2.45, 2.75) is 10.8 Å². The number of fused-ring (bicyclic) bond motifs is 3. The number of aromatic nitrogens is 1. The van der Waals surface area contributed by atoms with Crippen LogP contribution in [0.15, 0.2) is 75.0 Å². The number of hydrogen-bond donors (Lipinski definition) is 0. The van der Waals surface area contributed by atoms with Crippen molar-refractivity contribution in [2.75, 3.05) is 0 Å². The van der Waals surface area contributed by atoms with E-state index in [9.17, 15) is 4.79 Å². The number of nitrogens with zero attached hydrogens (tertiary/aromatic N) is 1. The minimum Gasteiger partial charge on any atom is -0.423 e. The molecule has 0 atom stereocenters. The molecule has 4 aromatic rings. The van der Waals surface area contributed by atoms with Crippen molar-refractivity contribution in [2.24, 2.45) is 0 Å². The van der Waals surface area contributed by atoms with Crippen LogP contribution < -0.4 is 5.63 Å². The van der Waals surface area contributed by atoms with Crippen molar-refractivity contribution in [1.82, 2.24) is 4.98 Å². The Labute approximate surface area is 147 Å². The van der Waals surface area contributed by atoms with E-state index < -0.39 is 0 Å². The first-order valence-electron chi connectivity index (χ1n) is 7.40. The maximum atomic E-state index is 11.9. The predicted octanol–water partition coefficient (Wildman–Crippen LogP) is 5.29. The summed E-state index contributed by atoms with van der Waals surface area (Å²) in [6, 6.07) is 17.0. The topological polar surface area (TPSA) is 43.1 Å². The monoisotopic (exact) mass is 353 g/mol. The normalized spacial score (nSPS) is 11.2. The van der Waals surface area contributed by atoms with Crippen LogP contribution in [0.5, 0.6) is 0 Å². The van der Waals surface area contributed by atoms with E-state index in [1.807, 2.05) is 42.5 Å². The molecule has 2 heterocycles. The van der Waals surface area contributed by atoms with Gasteiger partial charge in [0.1, 0.15) is 10.6 Å². The summed E-state index contributed by atoms with van der Waals surface area (Å²) in [7, 11) is 0. The van der Waals surface area contributed by atoms with Gasteiger partial charge < -0.3 is 4.42 Å². The first-order valence-corrected chi connectivity index (χ1v) is 8.76. The number of pyridine rings is 1. The maximum Gasteiger partial charge on any atom is 0.336 e. The van der Waals surface area contributed by atoms with Gasteiger partial charge in [0, 0.05) is 23.4 Å². The van der Waals surface area contributed by atoms with E-state index >= 15 is 0 Å². The molecule has 3 nitrogen and oxygen atoms in total. The van der Waals surface area contributed by atoms with E-state index in [0.717, 1.165) is 26.7 Å². The van der Waals surface area contributed by atoms with Crippen LogP contribution in [-0.2, 0) is 5.75 Å². The lowest BCUT2D eigenvalue weighted by molar-refractivity contribution is 0.560. The molecule has 0 aliphatic rings. The number of halogens is 1. The van der Waals surface area contributed by atoms with Gasteiger partial charge in [0.2, 0.25) is 0 Å². The molecule has 0 radical (unpaired) electrons. The lowest BCUT2D eigenvalue weighted by atomic mass is 10.0. The average Bonchev–Trinajstić information content (AvgIpc) is 2.60. The Hall–Kier alpha value is -2.30. The number of rotatable bonds is 3. The van der Waals surface area contributed by atoms with Crippen LogP contribution in [0.4, 0.5) is 0 Å². The second-order valence-electron chi connectivity index (χ2n) is 5.33. The molecule has 4 rings (SSSR count). The standard InChI is InChI=1S/C19H12ClNO2S/c20-15-6-3-9-21-19(15)24-11-13-10-17(22)23-16-8-7-12-4-1-2-5-14(12)18(13)16/h1-10H,11H2. The fourth-order valence-electron chi connectivity index (χ4n) is 2.76. The van der Waals surface area contributed by atoms with Gasteiger partial charge in [0.05, 0.1) is 5.02 Å². The summed E-state index contributed by atoms with van der Waals surface area (Å²) in [5.74, 6) is 0.590. The summed E-state index contributed by atoms with van der Waals surface area (Å²) >= 11 is 7.68. The van der Waals surface area contributed by atoms with Crippen LogP contribution in [0, 0.1) is 0 Å². The highest BCUT2D eigenvalue weighted by molar-refractivity contribution is 7.98. The molecule has 0 aliphatic heterocycles. The molecule has 0 fully saturated rings. The Kier molecular flexibility index (Phi) is 4.00. The first-order chi connectivity index (χ1) is 11.7. The summed E-state index contributed by atoms with van der Waals surface area (Å²) in [5.41, 5.74) is 1.18. The third kappa shape index (κ3) is 2.79. The van der Waals surface area contributed by atoms with E-state index in [1.54, 1.807) is 18.3 Å². The Morgan fingerprint density at radius 3 is 2.83 bits per heavy atom. The van der Waals surface area contributed by atoms with Gasteiger partial charge in [-0.2, -0.15) is 0 Å². The Balaban J connectivity index is 1.86. The molecule has 2 aromatic carbocycles. The van der Waals surface area contributed by atoms with Crippen molar-refractivity contribution in [3.63, 3.8) is 0 Å². The molecule has 0 saturated heterocycles. The van der Waals surface area contributed by atoms with Gasteiger partial charge in [-0.1, -0.05) is 41.9 Å². The molecule has 0 unspecified atom stereocenters. The zero-order valence-electron chi connectivity index (χ0n) is 12.5. The second kappa shape index (κ2) is 6.30. The Morgan fingerprint density at radius 1 is 1.08 bits per heavy atom. The number of hydrogen-bond acceptors (Lipinski definition) is 4. The lowest BCUT2D eigenvalue weighted by Gasteiger charge is -2.09. The SMILES string of the molecule is O=c1cc(CSc2ncccc2Cl)c2c(ccc3ccccc32)o1. The predicted molar refractivity (Wildman–Crippen MR) is 98.8 cm³/mol. The van der Waals surface area contributed by atoms with Gasteiger partial charge in [0.25, 0.3) is 0 Å². The van der Waals surface area contributed by atoms with E-state index in [0.29, 0.717) is 16.4 Å². The van der Waals surface area contributed by atoms with E-state index in [4.69, 9.17) is 16.0 Å². The average molecular weight is 354 g/mol. The third-order valence-electron chi connectivity index (χ3n) is 3.80. The molecule has 0 N–H and O–H groups in total. The van der Waals surface area contributed by atoms with Crippen LogP contribution in [0.1, 0.15) is 5.56 Å². The summed E-state index contributed by atoms with van der Waals surface area (Å²) in [6.45, 7) is 0. The van der Waals surface area contributed by atoms with Gasteiger partial charge in [-0.05, 0) is 34.5 Å². The van der Waals surface area contributed by atoms with Gasteiger partial charge in [0.15, 0.2) is 0 Å². The van der Waals surface area contributed by atoms with Gasteiger partial charge in [-0.15, -0.1) is 11.8 Å². The smallest absolute Gasteiger partial charge is 0.336 e. The van der Waals surface area contributed by atoms with Crippen LogP contribution in [-0.4, -0.2) is 4.98 Å². The van der Waals surface area contributed by atoms with Crippen LogP contribution in [0.2, 0.25) is 5.02 Å². The van der Waals surface area contributed by atoms with Gasteiger partial charge >= 0.3 is 5.63 Å². The van der Waals surface area contributed by atoms with Crippen LogP contribution in [0.25, 0.3) is 21.7 Å². The number of benzene rings is 2. The maximum absolute atomic E-state index is 11.9. The highest BCUT2D eigenvalue weighted by Gasteiger charge is 2.11.